The van der Waals surface area contributed by atoms with E-state index in [1.807, 2.05) is 17.9 Å². The van der Waals surface area contributed by atoms with Crippen LogP contribution >= 0.6 is 0 Å². The van der Waals surface area contributed by atoms with Crippen molar-refractivity contribution in [2.24, 2.45) is 5.92 Å². The van der Waals surface area contributed by atoms with E-state index in [0.29, 0.717) is 6.42 Å². The van der Waals surface area contributed by atoms with Crippen LogP contribution in [0.15, 0.2) is 24.3 Å². The van der Waals surface area contributed by atoms with Gasteiger partial charge in [0.2, 0.25) is 5.91 Å². The van der Waals surface area contributed by atoms with Crippen molar-refractivity contribution < 1.29 is 14.7 Å². The Hall–Kier alpha value is -1.84. The maximum absolute atomic E-state index is 12.5. The maximum Gasteiger partial charge on any atom is 0.303 e. The van der Waals surface area contributed by atoms with Gasteiger partial charge in [-0.05, 0) is 30.4 Å². The highest BCUT2D eigenvalue weighted by atomic mass is 16.4. The first-order valence-corrected chi connectivity index (χ1v) is 8.15. The van der Waals surface area contributed by atoms with Crippen molar-refractivity contribution in [2.45, 2.75) is 52.0 Å². The lowest BCUT2D eigenvalue weighted by atomic mass is 9.96. The van der Waals surface area contributed by atoms with Gasteiger partial charge >= 0.3 is 5.97 Å². The van der Waals surface area contributed by atoms with E-state index in [9.17, 15) is 9.59 Å². The number of benzene rings is 1. The van der Waals surface area contributed by atoms with Crippen LogP contribution in [0, 0.1) is 5.92 Å². The third-order valence-corrected chi connectivity index (χ3v) is 4.39. The summed E-state index contributed by atoms with van der Waals surface area (Å²) in [6, 6.07) is 8.32. The second kappa shape index (κ2) is 7.97. The van der Waals surface area contributed by atoms with Gasteiger partial charge in [0.05, 0.1) is 0 Å². The van der Waals surface area contributed by atoms with E-state index in [-0.39, 0.29) is 18.2 Å². The average molecular weight is 303 g/mol. The van der Waals surface area contributed by atoms with Gasteiger partial charge in [-0.25, -0.2) is 0 Å². The largest absolute Gasteiger partial charge is 0.481 e. The predicted molar refractivity (Wildman–Crippen MR) is 85.4 cm³/mol. The fourth-order valence-corrected chi connectivity index (χ4v) is 3.02. The Labute approximate surface area is 132 Å². The van der Waals surface area contributed by atoms with Crippen molar-refractivity contribution in [1.82, 2.24) is 4.90 Å². The van der Waals surface area contributed by atoms with Crippen LogP contribution in [-0.2, 0) is 22.6 Å². The van der Waals surface area contributed by atoms with Crippen molar-refractivity contribution in [3.8, 4) is 0 Å². The molecular formula is C18H25NO3. The number of unbranched alkanes of at least 4 members (excludes halogenated alkanes) is 2. The van der Waals surface area contributed by atoms with Crippen molar-refractivity contribution in [1.29, 1.82) is 0 Å². The number of rotatable bonds is 7. The molecule has 1 atom stereocenters. The molecular weight excluding hydrogens is 278 g/mol. The van der Waals surface area contributed by atoms with Crippen LogP contribution in [0.1, 0.15) is 50.2 Å². The molecule has 1 aromatic carbocycles. The monoisotopic (exact) mass is 303 g/mol. The first kappa shape index (κ1) is 16.5. The zero-order chi connectivity index (χ0) is 15.9. The molecule has 0 aromatic heterocycles. The Morgan fingerprint density at radius 1 is 1.18 bits per heavy atom. The molecule has 4 heteroatoms. The van der Waals surface area contributed by atoms with Crippen LogP contribution in [0.3, 0.4) is 0 Å². The lowest BCUT2D eigenvalue weighted by Gasteiger charge is -2.31. The molecule has 120 valence electrons. The number of carbonyl (C=O) groups excluding carboxylic acids is 1. The number of hydrogen-bond acceptors (Lipinski definition) is 2. The predicted octanol–water partition coefficient (Wildman–Crippen LogP) is 3.24. The lowest BCUT2D eigenvalue weighted by Crippen LogP contribution is -2.39. The van der Waals surface area contributed by atoms with Gasteiger partial charge in [0, 0.05) is 25.4 Å². The van der Waals surface area contributed by atoms with Gasteiger partial charge in [-0.2, -0.15) is 0 Å². The molecule has 22 heavy (non-hydrogen) atoms. The van der Waals surface area contributed by atoms with E-state index in [1.165, 1.54) is 11.1 Å². The van der Waals surface area contributed by atoms with Gasteiger partial charge < -0.3 is 10.0 Å². The lowest BCUT2D eigenvalue weighted by molar-refractivity contribution is -0.137. The molecule has 0 aliphatic carbocycles. The van der Waals surface area contributed by atoms with Gasteiger partial charge in [0.1, 0.15) is 0 Å². The van der Waals surface area contributed by atoms with Crippen molar-refractivity contribution in [3.63, 3.8) is 0 Å². The maximum atomic E-state index is 12.5. The number of nitrogens with zero attached hydrogens (tertiary/aromatic N) is 1. The minimum Gasteiger partial charge on any atom is -0.481 e. The molecule has 1 aliphatic rings. The molecule has 2 rings (SSSR count). The molecule has 0 radical (unpaired) electrons. The van der Waals surface area contributed by atoms with Gasteiger partial charge in [-0.15, -0.1) is 0 Å². The van der Waals surface area contributed by atoms with E-state index < -0.39 is 5.97 Å². The quantitative estimate of drug-likeness (QED) is 0.787. The molecule has 0 bridgehead atoms. The summed E-state index contributed by atoms with van der Waals surface area (Å²) in [5.74, 6) is -0.487. The molecule has 1 amide bonds. The van der Waals surface area contributed by atoms with Crippen molar-refractivity contribution in [2.75, 3.05) is 6.54 Å². The Balaban J connectivity index is 1.76. The number of carboxylic acid groups (broad SMARTS) is 1. The Kier molecular flexibility index (Phi) is 5.99. The van der Waals surface area contributed by atoms with Gasteiger partial charge in [0.25, 0.3) is 0 Å². The molecule has 1 N–H and O–H groups in total. The Morgan fingerprint density at radius 2 is 1.91 bits per heavy atom. The highest BCUT2D eigenvalue weighted by molar-refractivity contribution is 5.78. The smallest absolute Gasteiger partial charge is 0.303 e. The zero-order valence-electron chi connectivity index (χ0n) is 13.3. The third-order valence-electron chi connectivity index (χ3n) is 4.39. The molecule has 1 unspecified atom stereocenters. The van der Waals surface area contributed by atoms with Crippen molar-refractivity contribution in [3.05, 3.63) is 35.4 Å². The number of fused-ring (bicyclic) bond motifs is 1. The number of carboxylic acids is 1. The molecule has 1 aromatic rings. The molecule has 0 saturated heterocycles. The highest BCUT2D eigenvalue weighted by Crippen LogP contribution is 2.21. The summed E-state index contributed by atoms with van der Waals surface area (Å²) in [4.78, 5) is 24.9. The van der Waals surface area contributed by atoms with E-state index in [1.54, 1.807) is 0 Å². The number of carbonyl (C=O) groups is 2. The van der Waals surface area contributed by atoms with E-state index in [2.05, 4.69) is 18.2 Å². The summed E-state index contributed by atoms with van der Waals surface area (Å²) >= 11 is 0. The van der Waals surface area contributed by atoms with Crippen LogP contribution in [0.25, 0.3) is 0 Å². The van der Waals surface area contributed by atoms with E-state index in [4.69, 9.17) is 5.11 Å². The topological polar surface area (TPSA) is 57.6 Å². The molecule has 1 heterocycles. The summed E-state index contributed by atoms with van der Waals surface area (Å²) in [6.45, 7) is 3.51. The van der Waals surface area contributed by atoms with Crippen LogP contribution in [0.5, 0.6) is 0 Å². The van der Waals surface area contributed by atoms with E-state index in [0.717, 1.165) is 38.8 Å². The Morgan fingerprint density at radius 3 is 2.64 bits per heavy atom. The van der Waals surface area contributed by atoms with Gasteiger partial charge in [-0.3, -0.25) is 9.59 Å². The zero-order valence-corrected chi connectivity index (χ0v) is 13.3. The van der Waals surface area contributed by atoms with Crippen LogP contribution in [-0.4, -0.2) is 28.4 Å². The molecule has 0 saturated carbocycles. The van der Waals surface area contributed by atoms with Crippen LogP contribution in [0.4, 0.5) is 0 Å². The first-order valence-electron chi connectivity index (χ1n) is 8.15. The summed E-state index contributed by atoms with van der Waals surface area (Å²) in [7, 11) is 0. The third kappa shape index (κ3) is 4.58. The van der Waals surface area contributed by atoms with Gasteiger partial charge in [-0.1, -0.05) is 44.0 Å². The first-order chi connectivity index (χ1) is 10.6. The molecule has 1 aliphatic heterocycles. The van der Waals surface area contributed by atoms with Crippen LogP contribution in [0.2, 0.25) is 0 Å². The number of aliphatic carboxylic acids is 1. The number of hydrogen-bond donors (Lipinski definition) is 1. The standard InChI is InChI=1S/C18H25NO3/c1-14(7-3-2-4-10-17(20)21)18(22)19-12-11-15-8-5-6-9-16(15)13-19/h5-6,8-9,14H,2-4,7,10-13H2,1H3,(H,20,21). The van der Waals surface area contributed by atoms with Crippen LogP contribution < -0.4 is 0 Å². The summed E-state index contributed by atoms with van der Waals surface area (Å²) in [5, 5.41) is 8.60. The molecule has 4 nitrogen and oxygen atoms in total. The summed E-state index contributed by atoms with van der Waals surface area (Å²) in [5.41, 5.74) is 2.61. The number of amides is 1. The normalized spacial score (nSPS) is 15.2. The fraction of sp³-hybridized carbons (Fsp3) is 0.556. The minimum atomic E-state index is -0.740. The Bertz CT molecular complexity index is 527. The second-order valence-corrected chi connectivity index (χ2v) is 6.17. The summed E-state index contributed by atoms with van der Waals surface area (Å²) < 4.78 is 0. The second-order valence-electron chi connectivity index (χ2n) is 6.17. The van der Waals surface area contributed by atoms with Gasteiger partial charge in [0.15, 0.2) is 0 Å². The average Bonchev–Trinajstić information content (AvgIpc) is 2.52. The van der Waals surface area contributed by atoms with Crippen molar-refractivity contribution >= 4 is 11.9 Å². The SMILES string of the molecule is CC(CCCCCC(=O)O)C(=O)N1CCc2ccccc2C1. The molecule has 0 spiro atoms. The highest BCUT2D eigenvalue weighted by Gasteiger charge is 2.24. The van der Waals surface area contributed by atoms with E-state index >= 15 is 0 Å². The summed E-state index contributed by atoms with van der Waals surface area (Å²) in [6.07, 6.45) is 4.51. The fourth-order valence-electron chi connectivity index (χ4n) is 3.02. The minimum absolute atomic E-state index is 0.0232. The molecule has 0 fully saturated rings.